The van der Waals surface area contributed by atoms with E-state index in [1.54, 1.807) is 6.07 Å². The first-order valence-electron chi connectivity index (χ1n) is 6.02. The Kier molecular flexibility index (Phi) is 2.74. The second-order valence-corrected chi connectivity index (χ2v) is 4.66. The van der Waals surface area contributed by atoms with Gasteiger partial charge >= 0.3 is 5.69 Å². The second kappa shape index (κ2) is 4.44. The lowest BCUT2D eigenvalue weighted by Crippen LogP contribution is -2.27. The molecule has 0 spiro atoms. The van der Waals surface area contributed by atoms with Crippen LogP contribution in [0.5, 0.6) is 0 Å². The number of hydrogen-bond donors (Lipinski definition) is 1. The summed E-state index contributed by atoms with van der Waals surface area (Å²) in [6.45, 7) is 1.10. The maximum Gasteiger partial charge on any atom is 0.300 e. The van der Waals surface area contributed by atoms with Gasteiger partial charge in [0, 0.05) is 19.2 Å². The quantitative estimate of drug-likeness (QED) is 0.636. The number of nitro benzene ring substituents is 1. The van der Waals surface area contributed by atoms with Gasteiger partial charge in [0.25, 0.3) is 0 Å². The molecule has 1 aromatic heterocycles. The van der Waals surface area contributed by atoms with Gasteiger partial charge in [-0.2, -0.15) is 0 Å². The van der Waals surface area contributed by atoms with E-state index in [1.807, 2.05) is 4.90 Å². The number of benzene rings is 1. The molecule has 1 aliphatic heterocycles. The van der Waals surface area contributed by atoms with E-state index in [-0.39, 0.29) is 23.0 Å². The number of aromatic nitrogens is 2. The van der Waals surface area contributed by atoms with E-state index in [9.17, 15) is 14.9 Å². The summed E-state index contributed by atoms with van der Waals surface area (Å²) < 4.78 is 4.61. The van der Waals surface area contributed by atoms with Crippen LogP contribution in [0.2, 0.25) is 0 Å². The zero-order chi connectivity index (χ0) is 14.3. The Morgan fingerprint density at radius 1 is 1.45 bits per heavy atom. The highest BCUT2D eigenvalue weighted by molar-refractivity contribution is 5.94. The fourth-order valence-corrected chi connectivity index (χ4v) is 2.45. The van der Waals surface area contributed by atoms with Crippen molar-refractivity contribution in [3.05, 3.63) is 22.2 Å². The van der Waals surface area contributed by atoms with Crippen LogP contribution >= 0.6 is 0 Å². The van der Waals surface area contributed by atoms with Gasteiger partial charge in [0.05, 0.1) is 16.5 Å². The smallest absolute Gasteiger partial charge is 0.300 e. The molecule has 2 N–H and O–H groups in total. The minimum absolute atomic E-state index is 0.107. The molecule has 1 fully saturated rings. The van der Waals surface area contributed by atoms with Crippen LogP contribution in [0.4, 0.5) is 11.4 Å². The summed E-state index contributed by atoms with van der Waals surface area (Å²) in [6.07, 6.45) is 0.652. The van der Waals surface area contributed by atoms with Crippen LogP contribution in [0, 0.1) is 16.0 Å². The van der Waals surface area contributed by atoms with Crippen LogP contribution in [0.15, 0.2) is 16.8 Å². The van der Waals surface area contributed by atoms with E-state index in [1.165, 1.54) is 6.07 Å². The van der Waals surface area contributed by atoms with Crippen molar-refractivity contribution < 1.29 is 14.3 Å². The molecule has 0 bridgehead atoms. The molecule has 0 saturated carbocycles. The molecule has 0 radical (unpaired) electrons. The third-order valence-corrected chi connectivity index (χ3v) is 3.50. The lowest BCUT2D eigenvalue weighted by molar-refractivity contribution is -0.383. The summed E-state index contributed by atoms with van der Waals surface area (Å²) in [5.74, 6) is -0.566. The number of nitrogens with zero attached hydrogens (tertiary/aromatic N) is 4. The van der Waals surface area contributed by atoms with Crippen molar-refractivity contribution in [2.45, 2.75) is 6.42 Å². The highest BCUT2D eigenvalue weighted by Crippen LogP contribution is 2.33. The summed E-state index contributed by atoms with van der Waals surface area (Å²) in [5.41, 5.74) is 6.23. The maximum absolute atomic E-state index is 11.2. The Balaban J connectivity index is 2.02. The highest BCUT2D eigenvalue weighted by Gasteiger charge is 2.30. The molecule has 2 aromatic rings. The van der Waals surface area contributed by atoms with Gasteiger partial charge in [-0.05, 0) is 22.8 Å². The first-order chi connectivity index (χ1) is 9.58. The summed E-state index contributed by atoms with van der Waals surface area (Å²) in [7, 11) is 0. The molecule has 1 aliphatic rings. The number of carbonyl (C=O) groups is 1. The van der Waals surface area contributed by atoms with Gasteiger partial charge in [0.1, 0.15) is 0 Å². The molecule has 9 nitrogen and oxygen atoms in total. The number of carbonyl (C=O) groups excluding carboxylic acids is 1. The molecule has 1 unspecified atom stereocenters. The number of nitro groups is 1. The van der Waals surface area contributed by atoms with Gasteiger partial charge in [0.2, 0.25) is 11.4 Å². The molecular formula is C11H11N5O4. The van der Waals surface area contributed by atoms with Crippen LogP contribution < -0.4 is 10.6 Å². The van der Waals surface area contributed by atoms with E-state index in [4.69, 9.17) is 5.73 Å². The van der Waals surface area contributed by atoms with E-state index in [2.05, 4.69) is 14.9 Å². The summed E-state index contributed by atoms with van der Waals surface area (Å²) in [6, 6.07) is 2.95. The topological polar surface area (TPSA) is 128 Å². The predicted octanol–water partition coefficient (Wildman–Crippen LogP) is 0.443. The van der Waals surface area contributed by atoms with Crippen LogP contribution in [0.3, 0.4) is 0 Å². The summed E-state index contributed by atoms with van der Waals surface area (Å²) in [4.78, 5) is 23.5. The first-order valence-corrected chi connectivity index (χ1v) is 6.02. The molecule has 9 heteroatoms. The lowest BCUT2D eigenvalue weighted by Gasteiger charge is -2.17. The number of fused-ring (bicyclic) bond motifs is 1. The van der Waals surface area contributed by atoms with E-state index < -0.39 is 4.92 Å². The molecule has 20 heavy (non-hydrogen) atoms. The molecule has 1 amide bonds. The van der Waals surface area contributed by atoms with Crippen LogP contribution in [0.25, 0.3) is 11.0 Å². The van der Waals surface area contributed by atoms with Gasteiger partial charge in [-0.3, -0.25) is 14.9 Å². The zero-order valence-corrected chi connectivity index (χ0v) is 10.4. The largest absolute Gasteiger partial charge is 0.369 e. The van der Waals surface area contributed by atoms with Gasteiger partial charge in [0.15, 0.2) is 5.52 Å². The second-order valence-electron chi connectivity index (χ2n) is 4.66. The van der Waals surface area contributed by atoms with Crippen LogP contribution in [-0.4, -0.2) is 34.2 Å². The SMILES string of the molecule is NC(=O)C1CCN(c2ccc([N+](=O)[O-])c3nonc23)C1. The van der Waals surface area contributed by atoms with Crippen molar-refractivity contribution in [2.75, 3.05) is 18.0 Å². The molecule has 3 rings (SSSR count). The lowest BCUT2D eigenvalue weighted by atomic mass is 10.1. The van der Waals surface area contributed by atoms with Crippen molar-refractivity contribution in [3.63, 3.8) is 0 Å². The Morgan fingerprint density at radius 3 is 2.85 bits per heavy atom. The van der Waals surface area contributed by atoms with E-state index in [0.29, 0.717) is 30.7 Å². The molecular weight excluding hydrogens is 266 g/mol. The van der Waals surface area contributed by atoms with Gasteiger partial charge < -0.3 is 10.6 Å². The minimum atomic E-state index is -0.535. The fourth-order valence-electron chi connectivity index (χ4n) is 2.45. The number of primary amides is 1. The third-order valence-electron chi connectivity index (χ3n) is 3.50. The number of anilines is 1. The fraction of sp³-hybridized carbons (Fsp3) is 0.364. The average Bonchev–Trinajstić information content (AvgIpc) is 3.06. The Labute approximate surface area is 112 Å². The summed E-state index contributed by atoms with van der Waals surface area (Å²) >= 11 is 0. The van der Waals surface area contributed by atoms with Crippen LogP contribution in [0.1, 0.15) is 6.42 Å². The average molecular weight is 277 g/mol. The predicted molar refractivity (Wildman–Crippen MR) is 68.0 cm³/mol. The first kappa shape index (κ1) is 12.3. The van der Waals surface area contributed by atoms with Crippen molar-refractivity contribution in [3.8, 4) is 0 Å². The van der Waals surface area contributed by atoms with Crippen LogP contribution in [-0.2, 0) is 4.79 Å². The van der Waals surface area contributed by atoms with Crippen molar-refractivity contribution in [1.82, 2.24) is 10.3 Å². The Bertz CT molecular complexity index is 697. The Hall–Kier alpha value is -2.71. The standard InChI is InChI=1S/C11H11N5O4/c12-11(17)6-3-4-15(5-6)7-1-2-8(16(18)19)10-9(7)13-20-14-10/h1-2,6H,3-5H2,(H2,12,17). The zero-order valence-electron chi connectivity index (χ0n) is 10.4. The van der Waals surface area contributed by atoms with Crippen molar-refractivity contribution >= 4 is 28.3 Å². The van der Waals surface area contributed by atoms with Gasteiger partial charge in [-0.1, -0.05) is 0 Å². The monoisotopic (exact) mass is 277 g/mol. The van der Waals surface area contributed by atoms with Gasteiger partial charge in [-0.25, -0.2) is 4.63 Å². The number of amides is 1. The van der Waals surface area contributed by atoms with Crippen molar-refractivity contribution in [2.24, 2.45) is 11.7 Å². The molecule has 104 valence electrons. The van der Waals surface area contributed by atoms with E-state index in [0.717, 1.165) is 0 Å². The Morgan fingerprint density at radius 2 is 2.20 bits per heavy atom. The molecule has 1 aromatic carbocycles. The molecule has 0 aliphatic carbocycles. The van der Waals surface area contributed by atoms with E-state index >= 15 is 0 Å². The number of nitrogens with two attached hydrogens (primary N) is 1. The molecule has 2 heterocycles. The maximum atomic E-state index is 11.2. The van der Waals surface area contributed by atoms with Gasteiger partial charge in [-0.15, -0.1) is 0 Å². The number of non-ortho nitro benzene ring substituents is 1. The molecule has 1 saturated heterocycles. The number of rotatable bonds is 3. The third kappa shape index (κ3) is 1.83. The minimum Gasteiger partial charge on any atom is -0.369 e. The summed E-state index contributed by atoms with van der Waals surface area (Å²) in [5, 5.41) is 18.2. The number of hydrogen-bond acceptors (Lipinski definition) is 7. The normalized spacial score (nSPS) is 18.6. The highest BCUT2D eigenvalue weighted by atomic mass is 16.6. The molecule has 1 atom stereocenters. The van der Waals surface area contributed by atoms with Crippen molar-refractivity contribution in [1.29, 1.82) is 0 Å².